The van der Waals surface area contributed by atoms with Crippen molar-refractivity contribution in [2.75, 3.05) is 26.2 Å². The molecule has 1 unspecified atom stereocenters. The van der Waals surface area contributed by atoms with Gasteiger partial charge in [-0.25, -0.2) is 0 Å². The minimum atomic E-state index is -0.347. The summed E-state index contributed by atoms with van der Waals surface area (Å²) in [4.78, 5) is 40.2. The van der Waals surface area contributed by atoms with Gasteiger partial charge in [0.05, 0.1) is 0 Å². The van der Waals surface area contributed by atoms with Crippen LogP contribution in [-0.4, -0.2) is 48.7 Å². The lowest BCUT2D eigenvalue weighted by Gasteiger charge is -2.33. The van der Waals surface area contributed by atoms with Crippen LogP contribution in [0.1, 0.15) is 110 Å². The summed E-state index contributed by atoms with van der Waals surface area (Å²) >= 11 is 0. The van der Waals surface area contributed by atoms with Gasteiger partial charge in [-0.15, -0.1) is 0 Å². The summed E-state index contributed by atoms with van der Waals surface area (Å²) in [6.45, 7) is 3.90. The Morgan fingerprint density at radius 1 is 0.667 bits per heavy atom. The first-order valence-electron chi connectivity index (χ1n) is 22.0. The highest BCUT2D eigenvalue weighted by Crippen LogP contribution is 2.31. The Morgan fingerprint density at radius 2 is 1.32 bits per heavy atom. The molecule has 6 aromatic rings. The molecule has 1 heterocycles. The zero-order valence-corrected chi connectivity index (χ0v) is 34.9. The van der Waals surface area contributed by atoms with Gasteiger partial charge in [-0.2, -0.15) is 0 Å². The first-order valence-corrected chi connectivity index (χ1v) is 22.0. The number of fused-ring (bicyclic) bond motifs is 2. The van der Waals surface area contributed by atoms with Crippen molar-refractivity contribution >= 4 is 28.4 Å². The van der Waals surface area contributed by atoms with Gasteiger partial charge in [-0.1, -0.05) is 127 Å². The van der Waals surface area contributed by atoms with E-state index in [0.717, 1.165) is 105 Å². The Kier molecular flexibility index (Phi) is 15.1. The molecule has 0 aromatic heterocycles. The fourth-order valence-electron chi connectivity index (χ4n) is 9.04. The lowest BCUT2D eigenvalue weighted by atomic mass is 9.80. The van der Waals surface area contributed by atoms with E-state index in [4.69, 9.17) is 5.73 Å². The predicted molar refractivity (Wildman–Crippen MR) is 245 cm³/mol. The van der Waals surface area contributed by atoms with Crippen LogP contribution in [0.25, 0.3) is 10.8 Å². The number of carbonyl (C=O) groups is 3. The zero-order valence-electron chi connectivity index (χ0n) is 34.9. The molecule has 0 saturated carbocycles. The number of amides is 2. The molecule has 6 aromatic carbocycles. The van der Waals surface area contributed by atoms with Gasteiger partial charge in [0.25, 0.3) is 5.91 Å². The van der Waals surface area contributed by atoms with E-state index >= 15 is 0 Å². The number of primary amides is 1. The first-order chi connectivity index (χ1) is 29.4. The van der Waals surface area contributed by atoms with Crippen molar-refractivity contribution in [3.8, 4) is 0 Å². The van der Waals surface area contributed by atoms with Crippen LogP contribution >= 0.6 is 0 Å². The third kappa shape index (κ3) is 11.5. The third-order valence-electron chi connectivity index (χ3n) is 12.5. The van der Waals surface area contributed by atoms with Gasteiger partial charge in [-0.05, 0) is 153 Å². The van der Waals surface area contributed by atoms with E-state index in [0.29, 0.717) is 23.6 Å². The summed E-state index contributed by atoms with van der Waals surface area (Å²) in [5, 5.41) is 5.34. The summed E-state index contributed by atoms with van der Waals surface area (Å²) < 4.78 is 0. The van der Waals surface area contributed by atoms with Crippen molar-refractivity contribution in [1.29, 1.82) is 0 Å². The fourth-order valence-corrected chi connectivity index (χ4v) is 9.04. The van der Waals surface area contributed by atoms with Gasteiger partial charge in [-0.3, -0.25) is 14.4 Å². The monoisotopic (exact) mass is 797 g/mol. The van der Waals surface area contributed by atoms with E-state index in [1.54, 1.807) is 0 Å². The van der Waals surface area contributed by atoms with Crippen molar-refractivity contribution in [2.24, 2.45) is 11.7 Å². The van der Waals surface area contributed by atoms with E-state index < -0.39 is 0 Å². The minimum absolute atomic E-state index is 0.0408. The van der Waals surface area contributed by atoms with Crippen LogP contribution in [0.3, 0.4) is 0 Å². The fraction of sp³-hybridized carbons (Fsp3) is 0.315. The number of unbranched alkanes of at least 4 members (excludes halogenated alkanes) is 1. The number of nitrogens with one attached hydrogen (secondary N) is 1. The van der Waals surface area contributed by atoms with Crippen molar-refractivity contribution in [3.63, 3.8) is 0 Å². The molecule has 0 spiro atoms. The third-order valence-corrected chi connectivity index (χ3v) is 12.5. The maximum absolute atomic E-state index is 13.2. The number of piperidine rings is 1. The van der Waals surface area contributed by atoms with Gasteiger partial charge >= 0.3 is 0 Å². The Morgan fingerprint density at radius 3 is 2.02 bits per heavy atom. The van der Waals surface area contributed by atoms with E-state index in [9.17, 15) is 14.4 Å². The number of aryl methyl sites for hydroxylation is 4. The van der Waals surface area contributed by atoms with Gasteiger partial charge in [0.15, 0.2) is 5.78 Å². The molecule has 6 heteroatoms. The standard InChI is InChI=1S/C34H40N2O2.C20H19NO/c37-33-29(20-24-36-22-18-28(19-23-36)27-12-5-2-6-13-27)14-15-30-25-31(16-17-32(30)33)34(38)35-21-8-7-11-26-9-3-1-4-10-26;21-20(22)19-14-13-16-10-4-5-11-17(16)18(19)12-6-9-15-7-2-1-3-8-15/h1-6,9-10,12-13,16-17,25,28-29H,7-8,11,14-15,18-24H2,(H,35,38);1-5,7-8,10-11,13-14H,6,9,12H2,(H2,21,22). The van der Waals surface area contributed by atoms with Crippen LogP contribution in [0.5, 0.6) is 0 Å². The number of carbonyl (C=O) groups excluding carboxylic acids is 3. The highest BCUT2D eigenvalue weighted by molar-refractivity contribution is 6.02. The van der Waals surface area contributed by atoms with Gasteiger partial charge in [0.1, 0.15) is 0 Å². The van der Waals surface area contributed by atoms with Crippen LogP contribution in [0.15, 0.2) is 146 Å². The number of Topliss-reactive ketones (excluding diaryl/α,β-unsaturated/α-hetero) is 1. The highest BCUT2D eigenvalue weighted by atomic mass is 16.2. The van der Waals surface area contributed by atoms with Crippen LogP contribution in [0, 0.1) is 5.92 Å². The highest BCUT2D eigenvalue weighted by Gasteiger charge is 2.29. The second kappa shape index (κ2) is 21.4. The Balaban J connectivity index is 0.000000210. The number of nitrogens with two attached hydrogens (primary N) is 1. The number of benzene rings is 6. The maximum atomic E-state index is 13.2. The van der Waals surface area contributed by atoms with Gasteiger partial charge in [0, 0.05) is 29.2 Å². The number of rotatable bonds is 15. The maximum Gasteiger partial charge on any atom is 0.251 e. The molecule has 308 valence electrons. The molecule has 1 saturated heterocycles. The van der Waals surface area contributed by atoms with Crippen LogP contribution in [0.2, 0.25) is 0 Å². The molecule has 1 atom stereocenters. The molecule has 8 rings (SSSR count). The zero-order chi connectivity index (χ0) is 41.5. The number of likely N-dealkylation sites (tertiary alicyclic amines) is 1. The van der Waals surface area contributed by atoms with E-state index in [1.807, 2.05) is 54.6 Å². The second-order valence-electron chi connectivity index (χ2n) is 16.5. The summed E-state index contributed by atoms with van der Waals surface area (Å²) in [7, 11) is 0. The molecule has 60 heavy (non-hydrogen) atoms. The van der Waals surface area contributed by atoms with E-state index in [-0.39, 0.29) is 23.5 Å². The smallest absolute Gasteiger partial charge is 0.251 e. The molecule has 3 N–H and O–H groups in total. The largest absolute Gasteiger partial charge is 0.366 e. The molecule has 1 aliphatic carbocycles. The normalized spacial score (nSPS) is 15.5. The van der Waals surface area contributed by atoms with Crippen molar-refractivity contribution < 1.29 is 14.4 Å². The average molecular weight is 798 g/mol. The van der Waals surface area contributed by atoms with Gasteiger partial charge < -0.3 is 16.0 Å². The number of nitrogens with zero attached hydrogens (tertiary/aromatic N) is 1. The van der Waals surface area contributed by atoms with E-state index in [1.165, 1.54) is 29.5 Å². The van der Waals surface area contributed by atoms with Gasteiger partial charge in [0.2, 0.25) is 5.91 Å². The molecule has 0 bridgehead atoms. The topological polar surface area (TPSA) is 92.5 Å². The Labute approximate surface area is 356 Å². The molecule has 6 nitrogen and oxygen atoms in total. The minimum Gasteiger partial charge on any atom is -0.366 e. The summed E-state index contributed by atoms with van der Waals surface area (Å²) in [6.07, 6.45) is 11.0. The van der Waals surface area contributed by atoms with Crippen LogP contribution in [-0.2, 0) is 25.7 Å². The predicted octanol–water partition coefficient (Wildman–Crippen LogP) is 10.6. The number of ketones is 1. The SMILES string of the molecule is NC(=O)c1ccc2ccccc2c1CCCc1ccccc1.O=C(NCCCCc1ccccc1)c1ccc2c(c1)CCC(CCN1CCC(c3ccccc3)CC1)C2=O. The lowest BCUT2D eigenvalue weighted by Crippen LogP contribution is -2.35. The Bertz CT molecular complexity index is 2320. The van der Waals surface area contributed by atoms with Crippen LogP contribution in [0.4, 0.5) is 0 Å². The van der Waals surface area contributed by atoms with Crippen molar-refractivity contribution in [3.05, 3.63) is 190 Å². The molecular weight excluding hydrogens is 739 g/mol. The summed E-state index contributed by atoms with van der Waals surface area (Å²) in [5.74, 6) is 0.634. The average Bonchev–Trinajstić information content (AvgIpc) is 3.30. The molecule has 1 fully saturated rings. The molecule has 2 aliphatic rings. The van der Waals surface area contributed by atoms with Crippen molar-refractivity contribution in [1.82, 2.24) is 10.2 Å². The second-order valence-corrected chi connectivity index (χ2v) is 16.5. The number of hydrogen-bond acceptors (Lipinski definition) is 4. The first kappa shape index (κ1) is 42.3. The summed E-state index contributed by atoms with van der Waals surface area (Å²) in [5.41, 5.74) is 13.9. The molecule has 1 aliphatic heterocycles. The Hall–Kier alpha value is -5.85. The quantitative estimate of drug-likeness (QED) is 0.101. The molecule has 2 amide bonds. The number of hydrogen-bond donors (Lipinski definition) is 2. The molecule has 0 radical (unpaired) electrons. The lowest BCUT2D eigenvalue weighted by molar-refractivity contribution is 0.0875. The van der Waals surface area contributed by atoms with Crippen molar-refractivity contribution in [2.45, 2.75) is 76.5 Å². The summed E-state index contributed by atoms with van der Waals surface area (Å²) in [6, 6.07) is 49.4. The molecular formula is C54H59N3O3. The van der Waals surface area contributed by atoms with Crippen LogP contribution < -0.4 is 11.1 Å². The van der Waals surface area contributed by atoms with E-state index in [2.05, 4.69) is 101 Å².